The first kappa shape index (κ1) is 15.9. The van der Waals surface area contributed by atoms with Crippen molar-refractivity contribution < 1.29 is 22.7 Å². The molecule has 132 valence electrons. The molecule has 3 heterocycles. The first-order chi connectivity index (χ1) is 12.0. The SMILES string of the molecule is Nc1nnc([C@@]23COC[C@@H]2CN(C(=O)Cc2cc(F)ccc2F)C3)o1. The zero-order valence-corrected chi connectivity index (χ0v) is 13.2. The van der Waals surface area contributed by atoms with E-state index in [1.54, 1.807) is 4.90 Å². The van der Waals surface area contributed by atoms with E-state index >= 15 is 0 Å². The molecule has 1 aromatic heterocycles. The van der Waals surface area contributed by atoms with Gasteiger partial charge in [-0.3, -0.25) is 4.79 Å². The maximum atomic E-state index is 13.8. The van der Waals surface area contributed by atoms with Crippen LogP contribution in [0, 0.1) is 17.6 Å². The number of amides is 1. The van der Waals surface area contributed by atoms with Gasteiger partial charge >= 0.3 is 6.01 Å². The van der Waals surface area contributed by atoms with E-state index in [1.807, 2.05) is 0 Å². The number of ether oxygens (including phenoxy) is 1. The standard InChI is InChI=1S/C16H16F2N4O3/c17-11-1-2-12(18)9(3-11)4-13(23)22-5-10-6-24-8-16(10,7-22)14-20-21-15(19)25-14/h1-3,10H,4-8H2,(H2,19,21)/t10-,16-/m0/s1. The summed E-state index contributed by atoms with van der Waals surface area (Å²) in [4.78, 5) is 14.2. The van der Waals surface area contributed by atoms with Gasteiger partial charge in [-0.1, -0.05) is 5.10 Å². The summed E-state index contributed by atoms with van der Waals surface area (Å²) in [5.41, 5.74) is 4.95. The quantitative estimate of drug-likeness (QED) is 0.884. The van der Waals surface area contributed by atoms with Crippen molar-refractivity contribution in [3.05, 3.63) is 41.3 Å². The highest BCUT2D eigenvalue weighted by atomic mass is 19.1. The van der Waals surface area contributed by atoms with Crippen LogP contribution in [-0.4, -0.2) is 47.3 Å². The Morgan fingerprint density at radius 3 is 3.00 bits per heavy atom. The Morgan fingerprint density at radius 2 is 2.24 bits per heavy atom. The van der Waals surface area contributed by atoms with Crippen molar-refractivity contribution in [1.29, 1.82) is 0 Å². The molecule has 7 nitrogen and oxygen atoms in total. The first-order valence-corrected chi connectivity index (χ1v) is 7.87. The average Bonchev–Trinajstić information content (AvgIpc) is 3.24. The molecule has 2 aromatic rings. The Bertz CT molecular complexity index is 827. The van der Waals surface area contributed by atoms with Crippen molar-refractivity contribution in [3.8, 4) is 0 Å². The molecule has 0 unspecified atom stereocenters. The highest BCUT2D eigenvalue weighted by Gasteiger charge is 2.56. The van der Waals surface area contributed by atoms with Gasteiger partial charge in [-0.25, -0.2) is 8.78 Å². The van der Waals surface area contributed by atoms with Crippen LogP contribution in [0.5, 0.6) is 0 Å². The number of nitrogen functional groups attached to an aromatic ring is 1. The molecule has 25 heavy (non-hydrogen) atoms. The first-order valence-electron chi connectivity index (χ1n) is 7.87. The number of carbonyl (C=O) groups is 1. The average molecular weight is 350 g/mol. The van der Waals surface area contributed by atoms with E-state index in [4.69, 9.17) is 14.9 Å². The topological polar surface area (TPSA) is 94.5 Å². The van der Waals surface area contributed by atoms with Gasteiger partial charge in [-0.2, -0.15) is 0 Å². The van der Waals surface area contributed by atoms with E-state index in [-0.39, 0.29) is 29.8 Å². The van der Waals surface area contributed by atoms with Gasteiger partial charge in [0.2, 0.25) is 11.8 Å². The summed E-state index contributed by atoms with van der Waals surface area (Å²) in [6.07, 6.45) is -0.209. The summed E-state index contributed by atoms with van der Waals surface area (Å²) in [6, 6.07) is 3.05. The molecule has 1 amide bonds. The predicted octanol–water partition coefficient (Wildman–Crippen LogP) is 0.899. The van der Waals surface area contributed by atoms with Gasteiger partial charge in [0.25, 0.3) is 0 Å². The van der Waals surface area contributed by atoms with E-state index in [0.717, 1.165) is 18.2 Å². The summed E-state index contributed by atoms with van der Waals surface area (Å²) in [7, 11) is 0. The fourth-order valence-corrected chi connectivity index (χ4v) is 3.62. The van der Waals surface area contributed by atoms with Crippen LogP contribution in [0.3, 0.4) is 0 Å². The van der Waals surface area contributed by atoms with E-state index < -0.39 is 17.0 Å². The Balaban J connectivity index is 1.55. The summed E-state index contributed by atoms with van der Waals surface area (Å²) in [5, 5.41) is 7.65. The molecular formula is C16H16F2N4O3. The number of benzene rings is 1. The highest BCUT2D eigenvalue weighted by Crippen LogP contribution is 2.43. The lowest BCUT2D eigenvalue weighted by Crippen LogP contribution is -2.38. The van der Waals surface area contributed by atoms with E-state index in [2.05, 4.69) is 10.2 Å². The Morgan fingerprint density at radius 1 is 1.40 bits per heavy atom. The third kappa shape index (κ3) is 2.64. The molecule has 2 N–H and O–H groups in total. The summed E-state index contributed by atoms with van der Waals surface area (Å²) >= 11 is 0. The number of fused-ring (bicyclic) bond motifs is 1. The fourth-order valence-electron chi connectivity index (χ4n) is 3.62. The Hall–Kier alpha value is -2.55. The van der Waals surface area contributed by atoms with Gasteiger partial charge in [0.05, 0.1) is 25.0 Å². The van der Waals surface area contributed by atoms with Crippen molar-refractivity contribution in [1.82, 2.24) is 15.1 Å². The molecule has 2 atom stereocenters. The van der Waals surface area contributed by atoms with Crippen LogP contribution in [-0.2, 0) is 21.4 Å². The summed E-state index contributed by atoms with van der Waals surface area (Å²) < 4.78 is 38.0. The lowest BCUT2D eigenvalue weighted by atomic mass is 9.81. The molecule has 2 aliphatic rings. The zero-order valence-electron chi connectivity index (χ0n) is 13.2. The molecule has 2 saturated heterocycles. The van der Waals surface area contributed by atoms with Gasteiger partial charge in [-0.15, -0.1) is 5.10 Å². The van der Waals surface area contributed by atoms with Gasteiger partial charge in [0.1, 0.15) is 11.6 Å². The second-order valence-corrected chi connectivity index (χ2v) is 6.50. The fraction of sp³-hybridized carbons (Fsp3) is 0.438. The molecule has 0 aliphatic carbocycles. The van der Waals surface area contributed by atoms with Crippen molar-refractivity contribution in [2.24, 2.45) is 5.92 Å². The summed E-state index contributed by atoms with van der Waals surface area (Å²) in [5.74, 6) is -1.12. The second-order valence-electron chi connectivity index (χ2n) is 6.50. The van der Waals surface area contributed by atoms with Crippen LogP contribution in [0.25, 0.3) is 0 Å². The van der Waals surface area contributed by atoms with Crippen molar-refractivity contribution in [2.45, 2.75) is 11.8 Å². The van der Waals surface area contributed by atoms with Crippen LogP contribution in [0.4, 0.5) is 14.8 Å². The third-order valence-corrected chi connectivity index (χ3v) is 4.94. The Kier molecular flexibility index (Phi) is 3.68. The van der Waals surface area contributed by atoms with Gasteiger partial charge in [-0.05, 0) is 18.2 Å². The van der Waals surface area contributed by atoms with E-state index in [9.17, 15) is 13.6 Å². The maximum Gasteiger partial charge on any atom is 0.312 e. The monoisotopic (exact) mass is 350 g/mol. The number of halogens is 2. The molecular weight excluding hydrogens is 334 g/mol. The van der Waals surface area contributed by atoms with E-state index in [0.29, 0.717) is 32.2 Å². The minimum atomic E-state index is -0.600. The van der Waals surface area contributed by atoms with Gasteiger partial charge < -0.3 is 19.8 Å². The van der Waals surface area contributed by atoms with Crippen LogP contribution in [0.15, 0.2) is 22.6 Å². The third-order valence-electron chi connectivity index (χ3n) is 4.94. The normalized spacial score (nSPS) is 25.4. The van der Waals surface area contributed by atoms with Crippen LogP contribution >= 0.6 is 0 Å². The summed E-state index contributed by atoms with van der Waals surface area (Å²) in [6.45, 7) is 1.55. The second kappa shape index (κ2) is 5.76. The number of carbonyl (C=O) groups excluding carboxylic acids is 1. The largest absolute Gasteiger partial charge is 0.407 e. The number of likely N-dealkylation sites (tertiary alicyclic amines) is 1. The smallest absolute Gasteiger partial charge is 0.312 e. The molecule has 9 heteroatoms. The highest BCUT2D eigenvalue weighted by molar-refractivity contribution is 5.79. The molecule has 0 spiro atoms. The molecule has 2 fully saturated rings. The molecule has 0 radical (unpaired) electrons. The molecule has 0 saturated carbocycles. The molecule has 1 aromatic carbocycles. The van der Waals surface area contributed by atoms with Crippen LogP contribution < -0.4 is 5.73 Å². The number of hydrogen-bond donors (Lipinski definition) is 1. The minimum Gasteiger partial charge on any atom is -0.407 e. The van der Waals surface area contributed by atoms with Crippen molar-refractivity contribution >= 4 is 11.9 Å². The van der Waals surface area contributed by atoms with Gasteiger partial charge in [0.15, 0.2) is 0 Å². The lowest BCUT2D eigenvalue weighted by Gasteiger charge is -2.23. The van der Waals surface area contributed by atoms with Crippen molar-refractivity contribution in [2.75, 3.05) is 32.0 Å². The number of aromatic nitrogens is 2. The number of anilines is 1. The number of hydrogen-bond acceptors (Lipinski definition) is 6. The Labute approximate surface area is 141 Å². The lowest BCUT2D eigenvalue weighted by molar-refractivity contribution is -0.130. The number of nitrogens with zero attached hydrogens (tertiary/aromatic N) is 3. The molecule has 2 aliphatic heterocycles. The van der Waals surface area contributed by atoms with Crippen molar-refractivity contribution in [3.63, 3.8) is 0 Å². The number of nitrogens with two attached hydrogens (primary N) is 1. The van der Waals surface area contributed by atoms with E-state index in [1.165, 1.54) is 0 Å². The van der Waals surface area contributed by atoms with Crippen LogP contribution in [0.1, 0.15) is 11.5 Å². The zero-order chi connectivity index (χ0) is 17.6. The van der Waals surface area contributed by atoms with Gasteiger partial charge in [0, 0.05) is 24.6 Å². The maximum absolute atomic E-state index is 13.8. The molecule has 0 bridgehead atoms. The molecule has 4 rings (SSSR count). The number of rotatable bonds is 3. The van der Waals surface area contributed by atoms with Crippen LogP contribution in [0.2, 0.25) is 0 Å². The minimum absolute atomic E-state index is 0.00587. The predicted molar refractivity (Wildman–Crippen MR) is 81.3 cm³/mol.